The summed E-state index contributed by atoms with van der Waals surface area (Å²) in [5.41, 5.74) is 1.87. The zero-order valence-electron chi connectivity index (χ0n) is 6.72. The fourth-order valence-corrected chi connectivity index (χ4v) is 1.83. The molecular formula is C7H14N2S. The Kier molecular flexibility index (Phi) is 2.36. The maximum absolute atomic E-state index is 4.33. The van der Waals surface area contributed by atoms with Crippen LogP contribution >= 0.6 is 11.8 Å². The van der Waals surface area contributed by atoms with Crippen molar-refractivity contribution in [2.75, 3.05) is 5.75 Å². The summed E-state index contributed by atoms with van der Waals surface area (Å²) in [5.74, 6) is 1.12. The molecule has 0 spiro atoms. The second-order valence-electron chi connectivity index (χ2n) is 3.17. The van der Waals surface area contributed by atoms with Crippen molar-refractivity contribution in [1.29, 1.82) is 0 Å². The van der Waals surface area contributed by atoms with Gasteiger partial charge in [0.05, 0.1) is 5.55 Å². The fraction of sp³-hybridized carbons (Fsp3) is 0.857. The van der Waals surface area contributed by atoms with Crippen LogP contribution in [0.5, 0.6) is 0 Å². The molecule has 58 valence electrons. The number of nitrogens with zero attached hydrogens (tertiary/aromatic N) is 1. The third kappa shape index (κ3) is 2.31. The minimum absolute atomic E-state index is 0.0666. The van der Waals surface area contributed by atoms with Gasteiger partial charge in [-0.05, 0) is 20.8 Å². The summed E-state index contributed by atoms with van der Waals surface area (Å²) in [6, 6.07) is 0.558. The van der Waals surface area contributed by atoms with E-state index in [1.54, 1.807) is 11.8 Å². The standard InChI is InChI=1S/C7H14N2S/c1-6-4-10-5-8-7(2,3)9-6/h5-6,9H,4H2,1-3H3. The largest absolute Gasteiger partial charge is 0.290 e. The Morgan fingerprint density at radius 1 is 1.70 bits per heavy atom. The van der Waals surface area contributed by atoms with Crippen LogP contribution in [0.3, 0.4) is 0 Å². The Bertz CT molecular complexity index is 143. The number of aliphatic imine (C=N–C) groups is 1. The van der Waals surface area contributed by atoms with Gasteiger partial charge in [0.25, 0.3) is 0 Å². The lowest BCUT2D eigenvalue weighted by Gasteiger charge is -2.23. The molecular weight excluding hydrogens is 144 g/mol. The van der Waals surface area contributed by atoms with Gasteiger partial charge in [-0.1, -0.05) is 0 Å². The van der Waals surface area contributed by atoms with Crippen molar-refractivity contribution in [3.63, 3.8) is 0 Å². The van der Waals surface area contributed by atoms with Crippen LogP contribution < -0.4 is 5.32 Å². The average molecular weight is 158 g/mol. The van der Waals surface area contributed by atoms with Crippen molar-refractivity contribution in [3.05, 3.63) is 0 Å². The van der Waals surface area contributed by atoms with E-state index in [1.165, 1.54) is 0 Å². The van der Waals surface area contributed by atoms with Gasteiger partial charge in [-0.2, -0.15) is 0 Å². The van der Waals surface area contributed by atoms with Crippen molar-refractivity contribution in [3.8, 4) is 0 Å². The third-order valence-electron chi connectivity index (χ3n) is 1.40. The van der Waals surface area contributed by atoms with Gasteiger partial charge in [0.1, 0.15) is 5.66 Å². The Morgan fingerprint density at radius 2 is 2.40 bits per heavy atom. The summed E-state index contributed by atoms with van der Waals surface area (Å²) in [4.78, 5) is 4.33. The van der Waals surface area contributed by atoms with Gasteiger partial charge < -0.3 is 0 Å². The van der Waals surface area contributed by atoms with Gasteiger partial charge in [-0.3, -0.25) is 10.3 Å². The fourth-order valence-electron chi connectivity index (χ4n) is 1.04. The Balaban J connectivity index is 2.59. The highest BCUT2D eigenvalue weighted by Gasteiger charge is 2.19. The number of nitrogens with one attached hydrogen (secondary N) is 1. The van der Waals surface area contributed by atoms with Crippen LogP contribution in [0.25, 0.3) is 0 Å². The van der Waals surface area contributed by atoms with Crippen LogP contribution in [0.1, 0.15) is 20.8 Å². The maximum Gasteiger partial charge on any atom is 0.105 e. The highest BCUT2D eigenvalue weighted by Crippen LogP contribution is 2.12. The maximum atomic E-state index is 4.33. The second-order valence-corrected chi connectivity index (χ2v) is 4.05. The average Bonchev–Trinajstić information content (AvgIpc) is 1.90. The Morgan fingerprint density at radius 3 is 3.10 bits per heavy atom. The Labute approximate surface area is 66.5 Å². The van der Waals surface area contributed by atoms with E-state index >= 15 is 0 Å². The minimum Gasteiger partial charge on any atom is -0.290 e. The first-order chi connectivity index (χ1) is 4.60. The van der Waals surface area contributed by atoms with Crippen LogP contribution in [0.4, 0.5) is 0 Å². The predicted octanol–water partition coefficient (Wildman–Crippen LogP) is 1.48. The molecule has 0 aliphatic carbocycles. The summed E-state index contributed by atoms with van der Waals surface area (Å²) in [6.07, 6.45) is 0. The van der Waals surface area contributed by atoms with Gasteiger partial charge in [0.15, 0.2) is 0 Å². The monoisotopic (exact) mass is 158 g/mol. The predicted molar refractivity (Wildman–Crippen MR) is 47.6 cm³/mol. The lowest BCUT2D eigenvalue weighted by molar-refractivity contribution is 0.377. The zero-order valence-corrected chi connectivity index (χ0v) is 7.53. The zero-order chi connectivity index (χ0) is 7.61. The Hall–Kier alpha value is -0.0200. The van der Waals surface area contributed by atoms with Gasteiger partial charge >= 0.3 is 0 Å². The molecule has 0 fully saturated rings. The molecule has 0 aromatic carbocycles. The van der Waals surface area contributed by atoms with Crippen molar-refractivity contribution in [2.45, 2.75) is 32.5 Å². The molecule has 1 N–H and O–H groups in total. The molecule has 0 aromatic heterocycles. The lowest BCUT2D eigenvalue weighted by Crippen LogP contribution is -2.43. The first kappa shape index (κ1) is 8.08. The molecule has 0 saturated carbocycles. The van der Waals surface area contributed by atoms with E-state index in [0.29, 0.717) is 6.04 Å². The molecule has 1 aliphatic heterocycles. The van der Waals surface area contributed by atoms with E-state index in [4.69, 9.17) is 0 Å². The summed E-state index contributed by atoms with van der Waals surface area (Å²) in [5, 5.41) is 3.40. The lowest BCUT2D eigenvalue weighted by atomic mass is 10.2. The molecule has 1 heterocycles. The molecule has 0 aromatic rings. The molecule has 0 radical (unpaired) electrons. The highest BCUT2D eigenvalue weighted by atomic mass is 32.2. The van der Waals surface area contributed by atoms with Crippen LogP contribution in [-0.2, 0) is 0 Å². The molecule has 0 amide bonds. The molecule has 0 saturated heterocycles. The van der Waals surface area contributed by atoms with Crippen molar-refractivity contribution >= 4 is 17.3 Å². The molecule has 10 heavy (non-hydrogen) atoms. The van der Waals surface area contributed by atoms with Crippen molar-refractivity contribution in [1.82, 2.24) is 5.32 Å². The van der Waals surface area contributed by atoms with Crippen LogP contribution in [0.2, 0.25) is 0 Å². The van der Waals surface area contributed by atoms with Crippen LogP contribution in [0, 0.1) is 0 Å². The van der Waals surface area contributed by atoms with Gasteiger partial charge in [-0.15, -0.1) is 11.8 Å². The molecule has 1 rings (SSSR count). The second kappa shape index (κ2) is 2.93. The van der Waals surface area contributed by atoms with E-state index in [-0.39, 0.29) is 5.66 Å². The summed E-state index contributed by atoms with van der Waals surface area (Å²) in [7, 11) is 0. The number of rotatable bonds is 0. The summed E-state index contributed by atoms with van der Waals surface area (Å²) in [6.45, 7) is 6.36. The third-order valence-corrected chi connectivity index (χ3v) is 2.34. The van der Waals surface area contributed by atoms with E-state index in [1.807, 2.05) is 5.55 Å². The smallest absolute Gasteiger partial charge is 0.105 e. The topological polar surface area (TPSA) is 24.4 Å². The van der Waals surface area contributed by atoms with Crippen LogP contribution in [0.15, 0.2) is 4.99 Å². The molecule has 2 nitrogen and oxygen atoms in total. The van der Waals surface area contributed by atoms with Crippen LogP contribution in [-0.4, -0.2) is 23.0 Å². The molecule has 1 atom stereocenters. The van der Waals surface area contributed by atoms with Crippen molar-refractivity contribution < 1.29 is 0 Å². The van der Waals surface area contributed by atoms with E-state index in [9.17, 15) is 0 Å². The minimum atomic E-state index is -0.0666. The highest BCUT2D eigenvalue weighted by molar-refractivity contribution is 8.12. The normalized spacial score (nSPS) is 31.7. The molecule has 3 heteroatoms. The quantitative estimate of drug-likeness (QED) is 0.577. The molecule has 1 unspecified atom stereocenters. The molecule has 1 aliphatic rings. The summed E-state index contributed by atoms with van der Waals surface area (Å²) < 4.78 is 0. The molecule has 0 bridgehead atoms. The number of hydrogen-bond donors (Lipinski definition) is 1. The number of thioether (sulfide) groups is 1. The SMILES string of the molecule is CC1CSC=NC(C)(C)N1. The first-order valence-electron chi connectivity index (χ1n) is 3.53. The van der Waals surface area contributed by atoms with Crippen molar-refractivity contribution in [2.24, 2.45) is 4.99 Å². The van der Waals surface area contributed by atoms with Gasteiger partial charge in [-0.25, -0.2) is 0 Å². The van der Waals surface area contributed by atoms with Gasteiger partial charge in [0, 0.05) is 11.8 Å². The van der Waals surface area contributed by atoms with E-state index < -0.39 is 0 Å². The first-order valence-corrected chi connectivity index (χ1v) is 4.58. The summed E-state index contributed by atoms with van der Waals surface area (Å²) >= 11 is 1.77. The number of hydrogen-bond acceptors (Lipinski definition) is 3. The van der Waals surface area contributed by atoms with E-state index in [2.05, 4.69) is 31.1 Å². The van der Waals surface area contributed by atoms with E-state index in [0.717, 1.165) is 5.75 Å². The van der Waals surface area contributed by atoms with Gasteiger partial charge in [0.2, 0.25) is 0 Å².